The largest absolute Gasteiger partial charge is 0.487 e. The summed E-state index contributed by atoms with van der Waals surface area (Å²) in [6.07, 6.45) is 3.31. The minimum Gasteiger partial charge on any atom is -0.487 e. The molecule has 0 aliphatic rings. The maximum Gasteiger partial charge on any atom is 0.305 e. The molecule has 3 rings (SSSR count). The predicted octanol–water partition coefficient (Wildman–Crippen LogP) is 2.96. The number of aromatic nitrogens is 2. The third-order valence-corrected chi connectivity index (χ3v) is 3.85. The molecule has 0 aliphatic heterocycles. The Kier molecular flexibility index (Phi) is 5.43. The summed E-state index contributed by atoms with van der Waals surface area (Å²) in [5.74, 6) is -0.213. The van der Waals surface area contributed by atoms with Crippen molar-refractivity contribution in [2.24, 2.45) is 0 Å². The minimum absolute atomic E-state index is 0.0936. The fraction of sp³-hybridized carbons (Fsp3) is 0.150. The first kappa shape index (κ1) is 17.4. The number of aliphatic carboxylic acids is 1. The van der Waals surface area contributed by atoms with E-state index in [1.807, 2.05) is 42.5 Å². The molecular weight excluding hydrogens is 332 g/mol. The van der Waals surface area contributed by atoms with Crippen LogP contribution in [-0.4, -0.2) is 20.6 Å². The minimum atomic E-state index is -0.934. The van der Waals surface area contributed by atoms with Crippen LogP contribution in [0, 0.1) is 0 Å². The lowest BCUT2D eigenvalue weighted by molar-refractivity contribution is -0.137. The summed E-state index contributed by atoms with van der Waals surface area (Å²) in [4.78, 5) is 26.7. The Balaban J connectivity index is 1.71. The van der Waals surface area contributed by atoms with Gasteiger partial charge in [-0.2, -0.15) is 0 Å². The molecule has 0 bridgehead atoms. The number of nitrogens with zero attached hydrogens (tertiary/aromatic N) is 2. The van der Waals surface area contributed by atoms with Crippen LogP contribution in [-0.2, 0) is 17.9 Å². The van der Waals surface area contributed by atoms with Gasteiger partial charge in [-0.15, -0.1) is 0 Å². The first-order chi connectivity index (χ1) is 12.6. The van der Waals surface area contributed by atoms with E-state index in [1.165, 1.54) is 10.6 Å². The molecule has 0 saturated heterocycles. The summed E-state index contributed by atoms with van der Waals surface area (Å²) >= 11 is 0. The van der Waals surface area contributed by atoms with Crippen molar-refractivity contribution in [3.05, 3.63) is 83.0 Å². The van der Waals surface area contributed by atoms with Crippen LogP contribution in [0.1, 0.15) is 12.1 Å². The number of carboxylic acids is 1. The molecular formula is C20H18N2O4. The maximum atomic E-state index is 11.8. The van der Waals surface area contributed by atoms with Crippen LogP contribution in [0.15, 0.2) is 71.8 Å². The van der Waals surface area contributed by atoms with Crippen LogP contribution >= 0.6 is 0 Å². The first-order valence-electron chi connectivity index (χ1n) is 8.17. The molecule has 2 heterocycles. The number of carbonyl (C=O) groups is 1. The van der Waals surface area contributed by atoms with Crippen molar-refractivity contribution < 1.29 is 14.6 Å². The monoisotopic (exact) mass is 350 g/mol. The molecule has 132 valence electrons. The Labute approximate surface area is 150 Å². The summed E-state index contributed by atoms with van der Waals surface area (Å²) in [6.45, 7) is 0.535. The maximum absolute atomic E-state index is 11.8. The van der Waals surface area contributed by atoms with E-state index in [1.54, 1.807) is 18.5 Å². The number of ether oxygens (including phenoxy) is 1. The van der Waals surface area contributed by atoms with Crippen LogP contribution in [0.4, 0.5) is 0 Å². The van der Waals surface area contributed by atoms with E-state index in [0.29, 0.717) is 6.61 Å². The Morgan fingerprint density at radius 2 is 1.81 bits per heavy atom. The Hall–Kier alpha value is -3.41. The fourth-order valence-electron chi connectivity index (χ4n) is 2.48. The third-order valence-electron chi connectivity index (χ3n) is 3.85. The van der Waals surface area contributed by atoms with Crippen LogP contribution in [0.25, 0.3) is 11.1 Å². The Bertz CT molecular complexity index is 934. The molecule has 2 aromatic heterocycles. The van der Waals surface area contributed by atoms with Crippen molar-refractivity contribution >= 4 is 5.97 Å². The average molecular weight is 350 g/mol. The molecule has 26 heavy (non-hydrogen) atoms. The van der Waals surface area contributed by atoms with Gasteiger partial charge in [0.15, 0.2) is 0 Å². The van der Waals surface area contributed by atoms with Crippen molar-refractivity contribution in [3.63, 3.8) is 0 Å². The Morgan fingerprint density at radius 1 is 1.04 bits per heavy atom. The Morgan fingerprint density at radius 3 is 2.50 bits per heavy atom. The van der Waals surface area contributed by atoms with Gasteiger partial charge >= 0.3 is 5.97 Å². The highest BCUT2D eigenvalue weighted by Gasteiger charge is 2.05. The predicted molar refractivity (Wildman–Crippen MR) is 97.0 cm³/mol. The van der Waals surface area contributed by atoms with Gasteiger partial charge < -0.3 is 14.4 Å². The van der Waals surface area contributed by atoms with Crippen LogP contribution in [0.2, 0.25) is 0 Å². The van der Waals surface area contributed by atoms with Gasteiger partial charge in [-0.3, -0.25) is 14.6 Å². The van der Waals surface area contributed by atoms with E-state index in [2.05, 4.69) is 4.98 Å². The number of carboxylic acid groups (broad SMARTS) is 1. The van der Waals surface area contributed by atoms with E-state index >= 15 is 0 Å². The number of rotatable bonds is 7. The van der Waals surface area contributed by atoms with Gasteiger partial charge in [-0.25, -0.2) is 0 Å². The number of hydrogen-bond acceptors (Lipinski definition) is 4. The zero-order chi connectivity index (χ0) is 18.4. The summed E-state index contributed by atoms with van der Waals surface area (Å²) in [5, 5.41) is 8.78. The summed E-state index contributed by atoms with van der Waals surface area (Å²) in [5.41, 5.74) is 2.39. The smallest absolute Gasteiger partial charge is 0.305 e. The standard InChI is InChI=1S/C20H18N2O4/c23-19-9-6-16(13-22(19)12-10-20(24)25)15-4-7-18(8-5-15)26-14-17-3-1-2-11-21-17/h1-9,11,13H,10,12,14H2,(H,24,25). The summed E-state index contributed by atoms with van der Waals surface area (Å²) < 4.78 is 7.12. The van der Waals surface area contributed by atoms with Crippen molar-refractivity contribution in [3.8, 4) is 16.9 Å². The second kappa shape index (κ2) is 8.11. The lowest BCUT2D eigenvalue weighted by Crippen LogP contribution is -2.20. The normalized spacial score (nSPS) is 10.5. The SMILES string of the molecule is O=C(O)CCn1cc(-c2ccc(OCc3ccccn3)cc2)ccc1=O. The average Bonchev–Trinajstić information content (AvgIpc) is 2.67. The molecule has 0 radical (unpaired) electrons. The van der Waals surface area contributed by atoms with Crippen molar-refractivity contribution in [1.82, 2.24) is 9.55 Å². The zero-order valence-electron chi connectivity index (χ0n) is 14.0. The van der Waals surface area contributed by atoms with Gasteiger partial charge in [-0.05, 0) is 41.5 Å². The molecule has 0 unspecified atom stereocenters. The van der Waals surface area contributed by atoms with Crippen molar-refractivity contribution in [2.45, 2.75) is 19.6 Å². The second-order valence-corrected chi connectivity index (χ2v) is 5.73. The van der Waals surface area contributed by atoms with E-state index in [-0.39, 0.29) is 18.5 Å². The summed E-state index contributed by atoms with van der Waals surface area (Å²) in [6, 6.07) is 16.3. The molecule has 6 heteroatoms. The van der Waals surface area contributed by atoms with Gasteiger partial charge in [0.25, 0.3) is 5.56 Å². The highest BCUT2D eigenvalue weighted by Crippen LogP contribution is 2.22. The number of benzene rings is 1. The highest BCUT2D eigenvalue weighted by molar-refractivity contribution is 5.66. The molecule has 1 aromatic carbocycles. The number of pyridine rings is 2. The van der Waals surface area contributed by atoms with Crippen LogP contribution in [0.5, 0.6) is 5.75 Å². The third kappa shape index (κ3) is 4.57. The van der Waals surface area contributed by atoms with E-state index in [9.17, 15) is 9.59 Å². The molecule has 6 nitrogen and oxygen atoms in total. The first-order valence-corrected chi connectivity index (χ1v) is 8.17. The zero-order valence-corrected chi connectivity index (χ0v) is 14.0. The van der Waals surface area contributed by atoms with Crippen molar-refractivity contribution in [1.29, 1.82) is 0 Å². The number of hydrogen-bond donors (Lipinski definition) is 1. The molecule has 0 fully saturated rings. The van der Waals surface area contributed by atoms with Crippen molar-refractivity contribution in [2.75, 3.05) is 0 Å². The lowest BCUT2D eigenvalue weighted by Gasteiger charge is -2.09. The van der Waals surface area contributed by atoms with Gasteiger partial charge in [0.1, 0.15) is 12.4 Å². The van der Waals surface area contributed by atoms with Gasteiger partial charge in [0.05, 0.1) is 12.1 Å². The molecule has 0 atom stereocenters. The van der Waals surface area contributed by atoms with E-state index in [0.717, 1.165) is 22.6 Å². The van der Waals surface area contributed by atoms with Gasteiger partial charge in [0, 0.05) is 25.0 Å². The molecule has 0 aliphatic carbocycles. The van der Waals surface area contributed by atoms with Gasteiger partial charge in [0.2, 0.25) is 0 Å². The fourth-order valence-corrected chi connectivity index (χ4v) is 2.48. The van der Waals surface area contributed by atoms with E-state index < -0.39 is 5.97 Å². The van der Waals surface area contributed by atoms with Crippen LogP contribution in [0.3, 0.4) is 0 Å². The lowest BCUT2D eigenvalue weighted by atomic mass is 10.1. The van der Waals surface area contributed by atoms with E-state index in [4.69, 9.17) is 9.84 Å². The van der Waals surface area contributed by atoms with Gasteiger partial charge in [-0.1, -0.05) is 18.2 Å². The molecule has 0 saturated carbocycles. The van der Waals surface area contributed by atoms with Crippen LogP contribution < -0.4 is 10.3 Å². The molecule has 3 aromatic rings. The quantitative estimate of drug-likeness (QED) is 0.708. The molecule has 0 amide bonds. The second-order valence-electron chi connectivity index (χ2n) is 5.73. The molecule has 1 N–H and O–H groups in total. The molecule has 0 spiro atoms. The topological polar surface area (TPSA) is 81.4 Å². The highest BCUT2D eigenvalue weighted by atomic mass is 16.5. The summed E-state index contributed by atoms with van der Waals surface area (Å²) in [7, 11) is 0. The number of aryl methyl sites for hydroxylation is 1.